The highest BCUT2D eigenvalue weighted by molar-refractivity contribution is 8.00. The van der Waals surface area contributed by atoms with Gasteiger partial charge in [-0.3, -0.25) is 0 Å². The third kappa shape index (κ3) is 7.20. The zero-order valence-electron chi connectivity index (χ0n) is 13.2. The Hall–Kier alpha value is -0.720. The monoisotopic (exact) mass is 330 g/mol. The Morgan fingerprint density at radius 1 is 1.24 bits per heavy atom. The zero-order chi connectivity index (χ0) is 16.1. The molecule has 0 saturated carbocycles. The molecule has 6 heteroatoms. The lowest BCUT2D eigenvalue weighted by Gasteiger charge is -2.27. The summed E-state index contributed by atoms with van der Waals surface area (Å²) in [4.78, 5) is 1.03. The predicted octanol–water partition coefficient (Wildman–Crippen LogP) is 2.96. The van der Waals surface area contributed by atoms with Crippen molar-refractivity contribution in [3.8, 4) is 0 Å². The van der Waals surface area contributed by atoms with Crippen LogP contribution in [0, 0.1) is 11.3 Å². The topological polar surface area (TPSA) is 72.2 Å². The molecule has 3 N–H and O–H groups in total. The van der Waals surface area contributed by atoms with Crippen LogP contribution in [0.5, 0.6) is 0 Å². The van der Waals surface area contributed by atoms with E-state index in [2.05, 4.69) is 32.4 Å². The number of nitrogens with one attached hydrogen (secondary N) is 1. The molecule has 1 unspecified atom stereocenters. The van der Waals surface area contributed by atoms with Crippen molar-refractivity contribution in [2.75, 3.05) is 23.8 Å². The molecular formula is C15H26N2O2S2. The lowest BCUT2D eigenvalue weighted by molar-refractivity contribution is 0.263. The highest BCUT2D eigenvalue weighted by Crippen LogP contribution is 2.24. The van der Waals surface area contributed by atoms with Gasteiger partial charge in [0.1, 0.15) is 0 Å². The molecule has 0 amide bonds. The maximum absolute atomic E-state index is 12.0. The molecule has 0 saturated heterocycles. The van der Waals surface area contributed by atoms with Gasteiger partial charge in [0.2, 0.25) is 10.0 Å². The molecule has 0 aliphatic rings. The summed E-state index contributed by atoms with van der Waals surface area (Å²) in [6, 6.07) is 7.45. The molecule has 0 aliphatic carbocycles. The first-order valence-electron chi connectivity index (χ1n) is 7.06. The lowest BCUT2D eigenvalue weighted by atomic mass is 9.82. The van der Waals surface area contributed by atoms with Gasteiger partial charge in [-0.05, 0) is 35.6 Å². The van der Waals surface area contributed by atoms with Crippen molar-refractivity contribution < 1.29 is 8.42 Å². The first kappa shape index (κ1) is 18.3. The van der Waals surface area contributed by atoms with E-state index in [1.54, 1.807) is 0 Å². The molecule has 0 heterocycles. The molecule has 1 aromatic carbocycles. The highest BCUT2D eigenvalue weighted by Gasteiger charge is 2.21. The van der Waals surface area contributed by atoms with E-state index in [1.807, 2.05) is 24.3 Å². The SMILES string of the molecule is CC(CNS(=O)(=O)CCSc1ccc(N)cc1)C(C)(C)C. The first-order valence-corrected chi connectivity index (χ1v) is 9.69. The summed E-state index contributed by atoms with van der Waals surface area (Å²) in [6.45, 7) is 8.89. The molecule has 4 nitrogen and oxygen atoms in total. The van der Waals surface area contributed by atoms with Crippen LogP contribution in [-0.4, -0.2) is 26.5 Å². The number of sulfonamides is 1. The minimum atomic E-state index is -3.21. The summed E-state index contributed by atoms with van der Waals surface area (Å²) < 4.78 is 26.6. The Bertz CT molecular complexity index is 534. The molecule has 0 bridgehead atoms. The van der Waals surface area contributed by atoms with Crippen molar-refractivity contribution in [3.05, 3.63) is 24.3 Å². The van der Waals surface area contributed by atoms with Gasteiger partial charge in [-0.15, -0.1) is 11.8 Å². The summed E-state index contributed by atoms with van der Waals surface area (Å²) >= 11 is 1.52. The van der Waals surface area contributed by atoms with Gasteiger partial charge in [-0.1, -0.05) is 27.7 Å². The molecule has 1 rings (SSSR count). The average Bonchev–Trinajstić information content (AvgIpc) is 2.37. The zero-order valence-corrected chi connectivity index (χ0v) is 14.9. The van der Waals surface area contributed by atoms with E-state index in [9.17, 15) is 8.42 Å². The van der Waals surface area contributed by atoms with Gasteiger partial charge in [0.05, 0.1) is 5.75 Å². The minimum Gasteiger partial charge on any atom is -0.399 e. The van der Waals surface area contributed by atoms with Crippen LogP contribution in [0.25, 0.3) is 0 Å². The van der Waals surface area contributed by atoms with Crippen molar-refractivity contribution in [2.24, 2.45) is 11.3 Å². The van der Waals surface area contributed by atoms with Crippen molar-refractivity contribution in [1.82, 2.24) is 4.72 Å². The number of anilines is 1. The van der Waals surface area contributed by atoms with Crippen LogP contribution < -0.4 is 10.5 Å². The quantitative estimate of drug-likeness (QED) is 0.595. The van der Waals surface area contributed by atoms with Crippen LogP contribution in [0.15, 0.2) is 29.2 Å². The van der Waals surface area contributed by atoms with E-state index in [1.165, 1.54) is 11.8 Å². The fourth-order valence-corrected chi connectivity index (χ4v) is 3.89. The molecule has 0 aromatic heterocycles. The number of thioether (sulfide) groups is 1. The second-order valence-corrected chi connectivity index (χ2v) is 9.45. The van der Waals surface area contributed by atoms with Crippen molar-refractivity contribution in [3.63, 3.8) is 0 Å². The van der Waals surface area contributed by atoms with E-state index in [0.717, 1.165) is 4.90 Å². The van der Waals surface area contributed by atoms with Crippen LogP contribution in [0.1, 0.15) is 27.7 Å². The number of hydrogen-bond donors (Lipinski definition) is 2. The van der Waals surface area contributed by atoms with E-state index >= 15 is 0 Å². The predicted molar refractivity (Wildman–Crippen MR) is 92.0 cm³/mol. The normalized spacial score (nSPS) is 14.1. The average molecular weight is 331 g/mol. The van der Waals surface area contributed by atoms with Gasteiger partial charge in [0, 0.05) is 22.9 Å². The Kier molecular flexibility index (Phi) is 6.56. The third-order valence-corrected chi connectivity index (χ3v) is 6.21. The Morgan fingerprint density at radius 3 is 2.33 bits per heavy atom. The molecule has 1 atom stereocenters. The Labute approximate surface area is 132 Å². The second kappa shape index (κ2) is 7.51. The molecule has 0 aliphatic heterocycles. The van der Waals surface area contributed by atoms with Gasteiger partial charge < -0.3 is 5.73 Å². The van der Waals surface area contributed by atoms with E-state index < -0.39 is 10.0 Å². The molecular weight excluding hydrogens is 304 g/mol. The Morgan fingerprint density at radius 2 is 1.81 bits per heavy atom. The summed E-state index contributed by atoms with van der Waals surface area (Å²) in [5, 5.41) is 0. The fourth-order valence-electron chi connectivity index (χ4n) is 1.46. The maximum atomic E-state index is 12.0. The molecule has 0 fully saturated rings. The highest BCUT2D eigenvalue weighted by atomic mass is 32.2. The van der Waals surface area contributed by atoms with Gasteiger partial charge in [-0.25, -0.2) is 13.1 Å². The van der Waals surface area contributed by atoms with Gasteiger partial charge >= 0.3 is 0 Å². The summed E-state index contributed by atoms with van der Waals surface area (Å²) in [6.07, 6.45) is 0. The molecule has 21 heavy (non-hydrogen) atoms. The Balaban J connectivity index is 2.38. The molecule has 0 spiro atoms. The maximum Gasteiger partial charge on any atom is 0.212 e. The van der Waals surface area contributed by atoms with Crippen LogP contribution in [0.3, 0.4) is 0 Å². The second-order valence-electron chi connectivity index (χ2n) is 6.35. The number of nitrogens with two attached hydrogens (primary N) is 1. The summed E-state index contributed by atoms with van der Waals surface area (Å²) in [5.41, 5.74) is 6.42. The van der Waals surface area contributed by atoms with E-state index in [4.69, 9.17) is 5.73 Å². The molecule has 0 radical (unpaired) electrons. The van der Waals surface area contributed by atoms with Crippen LogP contribution in [0.4, 0.5) is 5.69 Å². The smallest absolute Gasteiger partial charge is 0.212 e. The van der Waals surface area contributed by atoms with E-state index in [-0.39, 0.29) is 17.1 Å². The van der Waals surface area contributed by atoms with Crippen molar-refractivity contribution in [1.29, 1.82) is 0 Å². The largest absolute Gasteiger partial charge is 0.399 e. The lowest BCUT2D eigenvalue weighted by Crippen LogP contribution is -2.35. The summed E-state index contributed by atoms with van der Waals surface area (Å²) in [5.74, 6) is 0.944. The van der Waals surface area contributed by atoms with Crippen LogP contribution in [0.2, 0.25) is 0 Å². The van der Waals surface area contributed by atoms with Crippen LogP contribution >= 0.6 is 11.8 Å². The van der Waals surface area contributed by atoms with Gasteiger partial charge in [-0.2, -0.15) is 0 Å². The van der Waals surface area contributed by atoms with Gasteiger partial charge in [0.15, 0.2) is 0 Å². The number of nitrogen functional groups attached to an aromatic ring is 1. The first-order chi connectivity index (χ1) is 9.60. The third-order valence-electron chi connectivity index (χ3n) is 3.59. The standard InChI is InChI=1S/C15H26N2O2S2/c1-12(15(2,3)4)11-17-21(18,19)10-9-20-14-7-5-13(16)6-8-14/h5-8,12,17H,9-11,16H2,1-4H3. The minimum absolute atomic E-state index is 0.0985. The summed E-state index contributed by atoms with van der Waals surface area (Å²) in [7, 11) is -3.21. The number of hydrogen-bond acceptors (Lipinski definition) is 4. The number of rotatable bonds is 7. The fraction of sp³-hybridized carbons (Fsp3) is 0.600. The van der Waals surface area contributed by atoms with Crippen LogP contribution in [-0.2, 0) is 10.0 Å². The molecule has 120 valence electrons. The molecule has 1 aromatic rings. The van der Waals surface area contributed by atoms with E-state index in [0.29, 0.717) is 18.0 Å². The number of benzene rings is 1. The van der Waals surface area contributed by atoms with Crippen molar-refractivity contribution in [2.45, 2.75) is 32.6 Å². The van der Waals surface area contributed by atoms with Crippen molar-refractivity contribution >= 4 is 27.5 Å². The van der Waals surface area contributed by atoms with Gasteiger partial charge in [0.25, 0.3) is 0 Å².